The Morgan fingerprint density at radius 2 is 2.12 bits per heavy atom. The van der Waals surface area contributed by atoms with Gasteiger partial charge in [-0.05, 0) is 25.0 Å². The van der Waals surface area contributed by atoms with Gasteiger partial charge < -0.3 is 16.0 Å². The zero-order valence-corrected chi connectivity index (χ0v) is 15.2. The van der Waals surface area contributed by atoms with E-state index in [0.717, 1.165) is 41.6 Å². The van der Waals surface area contributed by atoms with E-state index in [1.165, 1.54) is 0 Å². The van der Waals surface area contributed by atoms with Crippen LogP contribution in [-0.2, 0) is 4.79 Å². The Balaban J connectivity index is 1.24. The molecule has 3 atom stereocenters. The van der Waals surface area contributed by atoms with Crippen LogP contribution in [0.1, 0.15) is 25.7 Å². The van der Waals surface area contributed by atoms with E-state index in [9.17, 15) is 9.59 Å². The number of amides is 3. The highest BCUT2D eigenvalue weighted by Gasteiger charge is 2.42. The highest BCUT2D eigenvalue weighted by atomic mass is 32.2. The smallest absolute Gasteiger partial charge is 0.315 e. The third-order valence-corrected chi connectivity index (χ3v) is 6.50. The van der Waals surface area contributed by atoms with Crippen LogP contribution in [0.4, 0.5) is 10.5 Å². The first-order valence-corrected chi connectivity index (χ1v) is 10.1. The second-order valence-electron chi connectivity index (χ2n) is 6.80. The summed E-state index contributed by atoms with van der Waals surface area (Å²) in [6.07, 6.45) is 5.09. The molecule has 3 amide bonds. The van der Waals surface area contributed by atoms with Gasteiger partial charge in [0.15, 0.2) is 0 Å². The molecule has 1 aromatic heterocycles. The molecule has 3 N–H and O–H groups in total. The molecule has 0 bridgehead atoms. The van der Waals surface area contributed by atoms with Crippen LogP contribution in [0.15, 0.2) is 36.5 Å². The minimum absolute atomic E-state index is 0.0240. The number of urea groups is 1. The van der Waals surface area contributed by atoms with E-state index < -0.39 is 0 Å². The third kappa shape index (κ3) is 3.62. The number of nitrogens with zero attached hydrogens (tertiary/aromatic N) is 1. The molecule has 2 aromatic rings. The van der Waals surface area contributed by atoms with Crippen LogP contribution in [0.3, 0.4) is 0 Å². The zero-order chi connectivity index (χ0) is 17.9. The van der Waals surface area contributed by atoms with Crippen LogP contribution in [-0.4, -0.2) is 40.0 Å². The number of hydrogen-bond donors (Lipinski definition) is 3. The molecule has 3 unspecified atom stereocenters. The van der Waals surface area contributed by atoms with Gasteiger partial charge in [-0.15, -0.1) is 0 Å². The predicted molar refractivity (Wildman–Crippen MR) is 104 cm³/mol. The van der Waals surface area contributed by atoms with E-state index in [2.05, 4.69) is 20.9 Å². The molecule has 2 fully saturated rings. The quantitative estimate of drug-likeness (QED) is 0.539. The van der Waals surface area contributed by atoms with Crippen molar-refractivity contribution < 1.29 is 9.59 Å². The monoisotopic (exact) mass is 370 g/mol. The van der Waals surface area contributed by atoms with Crippen molar-refractivity contribution in [3.05, 3.63) is 36.5 Å². The van der Waals surface area contributed by atoms with Crippen LogP contribution in [0, 0.1) is 0 Å². The van der Waals surface area contributed by atoms with Gasteiger partial charge in [-0.3, -0.25) is 9.78 Å². The molecule has 1 aromatic carbocycles. The van der Waals surface area contributed by atoms with Gasteiger partial charge in [-0.25, -0.2) is 4.79 Å². The molecule has 3 heterocycles. The van der Waals surface area contributed by atoms with Gasteiger partial charge in [0.2, 0.25) is 5.91 Å². The number of carbonyl (C=O) groups excluding carboxylic acids is 2. The van der Waals surface area contributed by atoms with Crippen molar-refractivity contribution in [2.45, 2.75) is 43.0 Å². The number of nitrogens with one attached hydrogen (secondary N) is 3. The van der Waals surface area contributed by atoms with Gasteiger partial charge in [0.25, 0.3) is 0 Å². The number of pyridine rings is 1. The van der Waals surface area contributed by atoms with Crippen LogP contribution < -0.4 is 16.0 Å². The molecular formula is C19H22N4O2S. The largest absolute Gasteiger partial charge is 0.332 e. The molecule has 0 spiro atoms. The second-order valence-corrected chi connectivity index (χ2v) is 8.07. The van der Waals surface area contributed by atoms with Gasteiger partial charge in [0.05, 0.1) is 23.3 Å². The Labute approximate surface area is 156 Å². The average Bonchev–Trinajstić information content (AvgIpc) is 3.18. The van der Waals surface area contributed by atoms with Gasteiger partial charge in [0.1, 0.15) is 0 Å². The van der Waals surface area contributed by atoms with Crippen molar-refractivity contribution in [2.75, 3.05) is 11.1 Å². The molecule has 2 aliphatic heterocycles. The third-order valence-electron chi connectivity index (χ3n) is 4.99. The summed E-state index contributed by atoms with van der Waals surface area (Å²) < 4.78 is 0. The molecule has 2 aliphatic rings. The number of hydrogen-bond acceptors (Lipinski definition) is 4. The lowest BCUT2D eigenvalue weighted by molar-refractivity contribution is -0.116. The molecule has 0 aliphatic carbocycles. The molecule has 0 radical (unpaired) electrons. The van der Waals surface area contributed by atoms with E-state index in [4.69, 9.17) is 0 Å². The van der Waals surface area contributed by atoms with Crippen LogP contribution in [0.2, 0.25) is 0 Å². The Morgan fingerprint density at radius 3 is 3.04 bits per heavy atom. The topological polar surface area (TPSA) is 83.1 Å². The molecular weight excluding hydrogens is 348 g/mol. The maximum Gasteiger partial charge on any atom is 0.315 e. The standard InChI is InChI=1S/C19H22N4O2S/c24-16(21-13-7-3-5-12-6-4-10-20-17(12)13)9-2-1-8-15-18-14(11-26-15)22-19(25)23-18/h3-7,10,14-15,18H,1-2,8-9,11H2,(H,21,24)(H2,22,23,25). The first-order valence-electron chi connectivity index (χ1n) is 9.03. The molecule has 0 saturated carbocycles. The molecule has 136 valence electrons. The van der Waals surface area contributed by atoms with Crippen molar-refractivity contribution in [1.82, 2.24) is 15.6 Å². The summed E-state index contributed by atoms with van der Waals surface area (Å²) in [7, 11) is 0. The van der Waals surface area contributed by atoms with Crippen LogP contribution >= 0.6 is 11.8 Å². The summed E-state index contributed by atoms with van der Waals surface area (Å²) in [6.45, 7) is 0. The van der Waals surface area contributed by atoms with Crippen molar-refractivity contribution in [2.24, 2.45) is 0 Å². The lowest BCUT2D eigenvalue weighted by atomic mass is 10.0. The number of fused-ring (bicyclic) bond motifs is 2. The highest BCUT2D eigenvalue weighted by Crippen LogP contribution is 2.33. The van der Waals surface area contributed by atoms with E-state index in [1.807, 2.05) is 42.1 Å². The Bertz CT molecular complexity index is 823. The fourth-order valence-electron chi connectivity index (χ4n) is 3.69. The van der Waals surface area contributed by atoms with Gasteiger partial charge in [-0.1, -0.05) is 24.6 Å². The molecule has 26 heavy (non-hydrogen) atoms. The average molecular weight is 370 g/mol. The number of para-hydroxylation sites is 1. The number of rotatable bonds is 6. The van der Waals surface area contributed by atoms with Crippen molar-refractivity contribution in [3.8, 4) is 0 Å². The number of carbonyl (C=O) groups is 2. The summed E-state index contributed by atoms with van der Waals surface area (Å²) in [6, 6.07) is 10.1. The number of unbranched alkanes of at least 4 members (excludes halogenated alkanes) is 1. The number of benzene rings is 1. The minimum atomic E-state index is -0.0478. The maximum absolute atomic E-state index is 12.3. The highest BCUT2D eigenvalue weighted by molar-refractivity contribution is 8.00. The fourth-order valence-corrected chi connectivity index (χ4v) is 5.24. The van der Waals surface area contributed by atoms with Gasteiger partial charge in [-0.2, -0.15) is 11.8 Å². The first-order chi connectivity index (χ1) is 12.7. The summed E-state index contributed by atoms with van der Waals surface area (Å²) in [4.78, 5) is 28.0. The SMILES string of the molecule is O=C(CCCCC1SCC2NC(=O)NC21)Nc1cccc2cccnc12. The summed E-state index contributed by atoms with van der Waals surface area (Å²) in [5, 5.41) is 10.4. The normalized spacial score (nSPS) is 24.2. The van der Waals surface area contributed by atoms with E-state index in [0.29, 0.717) is 11.7 Å². The van der Waals surface area contributed by atoms with Gasteiger partial charge in [0, 0.05) is 29.0 Å². The zero-order valence-electron chi connectivity index (χ0n) is 14.4. The second kappa shape index (κ2) is 7.53. The molecule has 6 nitrogen and oxygen atoms in total. The van der Waals surface area contributed by atoms with Crippen LogP contribution in [0.25, 0.3) is 10.9 Å². The van der Waals surface area contributed by atoms with Crippen LogP contribution in [0.5, 0.6) is 0 Å². The van der Waals surface area contributed by atoms with Crippen molar-refractivity contribution in [3.63, 3.8) is 0 Å². The van der Waals surface area contributed by atoms with E-state index in [-0.39, 0.29) is 24.0 Å². The lowest BCUT2D eigenvalue weighted by Crippen LogP contribution is -2.36. The molecule has 4 rings (SSSR count). The summed E-state index contributed by atoms with van der Waals surface area (Å²) in [5.41, 5.74) is 1.59. The molecule has 2 saturated heterocycles. The fraction of sp³-hybridized carbons (Fsp3) is 0.421. The summed E-state index contributed by atoms with van der Waals surface area (Å²) in [5.74, 6) is 0.999. The van der Waals surface area contributed by atoms with Gasteiger partial charge >= 0.3 is 6.03 Å². The first kappa shape index (κ1) is 17.1. The van der Waals surface area contributed by atoms with Crippen molar-refractivity contribution >= 4 is 40.3 Å². The number of aromatic nitrogens is 1. The Kier molecular flexibility index (Phi) is 4.97. The predicted octanol–water partition coefficient (Wildman–Crippen LogP) is 2.90. The number of anilines is 1. The summed E-state index contributed by atoms with van der Waals surface area (Å²) >= 11 is 1.91. The van der Waals surface area contributed by atoms with E-state index >= 15 is 0 Å². The molecule has 7 heteroatoms. The Morgan fingerprint density at radius 1 is 1.23 bits per heavy atom. The van der Waals surface area contributed by atoms with Crippen molar-refractivity contribution in [1.29, 1.82) is 0 Å². The maximum atomic E-state index is 12.3. The minimum Gasteiger partial charge on any atom is -0.332 e. The lowest BCUT2D eigenvalue weighted by Gasteiger charge is -2.16. The van der Waals surface area contributed by atoms with E-state index in [1.54, 1.807) is 6.20 Å². The number of thioether (sulfide) groups is 1. The Hall–Kier alpha value is -2.28.